The van der Waals surface area contributed by atoms with Gasteiger partial charge in [-0.2, -0.15) is 14.6 Å². The maximum Gasteiger partial charge on any atom is 0.254 e. The lowest BCUT2D eigenvalue weighted by molar-refractivity contribution is 0.168. The van der Waals surface area contributed by atoms with Crippen LogP contribution in [0.5, 0.6) is 0 Å². The van der Waals surface area contributed by atoms with Gasteiger partial charge in [-0.25, -0.2) is 4.98 Å². The Kier molecular flexibility index (Phi) is 4.73. The second kappa shape index (κ2) is 6.51. The van der Waals surface area contributed by atoms with E-state index in [1.165, 1.54) is 25.7 Å². The van der Waals surface area contributed by atoms with Gasteiger partial charge >= 0.3 is 0 Å². The van der Waals surface area contributed by atoms with Crippen molar-refractivity contribution >= 4 is 23.2 Å². The van der Waals surface area contributed by atoms with Crippen molar-refractivity contribution < 1.29 is 0 Å². The van der Waals surface area contributed by atoms with Gasteiger partial charge < -0.3 is 4.90 Å². The molecule has 24 heavy (non-hydrogen) atoms. The average Bonchev–Trinajstić information content (AvgIpc) is 3.01. The molecule has 2 aromatic heterocycles. The predicted molar refractivity (Wildman–Crippen MR) is 98.8 cm³/mol. The highest BCUT2D eigenvalue weighted by Gasteiger charge is 2.32. The Morgan fingerprint density at radius 1 is 1.25 bits per heavy atom. The summed E-state index contributed by atoms with van der Waals surface area (Å²) >= 11 is 6.67. The number of aryl methyl sites for hydroxylation is 1. The molecule has 132 valence electrons. The first-order chi connectivity index (χ1) is 11.3. The number of halogens is 1. The molecular formula is C18H28ClN5. The van der Waals surface area contributed by atoms with Crippen LogP contribution >= 0.6 is 11.6 Å². The average molecular weight is 350 g/mol. The van der Waals surface area contributed by atoms with Crippen molar-refractivity contribution in [3.8, 4) is 0 Å². The molecule has 2 aromatic rings. The summed E-state index contributed by atoms with van der Waals surface area (Å²) in [5.41, 5.74) is 1.29. The van der Waals surface area contributed by atoms with Crippen LogP contribution in [-0.4, -0.2) is 32.7 Å². The Morgan fingerprint density at radius 3 is 2.50 bits per heavy atom. The van der Waals surface area contributed by atoms with Gasteiger partial charge in [0.15, 0.2) is 5.82 Å². The largest absolute Gasteiger partial charge is 0.355 e. The normalized spacial score (nSPS) is 22.1. The SMILES string of the molecule is CCc1nc2ncnn2c(N(C)[C@H]2CC[C@@H](C(C)(C)C)CC2)c1Cl. The summed E-state index contributed by atoms with van der Waals surface area (Å²) in [7, 11) is 2.13. The Hall–Kier alpha value is -1.36. The summed E-state index contributed by atoms with van der Waals surface area (Å²) in [6.07, 6.45) is 7.25. The van der Waals surface area contributed by atoms with Crippen LogP contribution in [0, 0.1) is 11.3 Å². The van der Waals surface area contributed by atoms with Crippen LogP contribution in [0.1, 0.15) is 59.1 Å². The first kappa shape index (κ1) is 17.5. The fourth-order valence-electron chi connectivity index (χ4n) is 3.89. The van der Waals surface area contributed by atoms with Crippen LogP contribution in [0.15, 0.2) is 6.33 Å². The van der Waals surface area contributed by atoms with Crippen LogP contribution < -0.4 is 4.90 Å². The summed E-state index contributed by atoms with van der Waals surface area (Å²) in [6.45, 7) is 9.13. The molecule has 0 aromatic carbocycles. The highest BCUT2D eigenvalue weighted by Crippen LogP contribution is 2.40. The molecule has 3 rings (SSSR count). The summed E-state index contributed by atoms with van der Waals surface area (Å²) in [5.74, 6) is 2.35. The van der Waals surface area contributed by atoms with Crippen molar-refractivity contribution in [3.05, 3.63) is 17.0 Å². The van der Waals surface area contributed by atoms with Gasteiger partial charge in [-0.15, -0.1) is 0 Å². The van der Waals surface area contributed by atoms with Crippen molar-refractivity contribution in [3.63, 3.8) is 0 Å². The lowest BCUT2D eigenvalue weighted by Gasteiger charge is -2.40. The predicted octanol–water partition coefficient (Wildman–Crippen LogP) is 4.38. The minimum atomic E-state index is 0.395. The van der Waals surface area contributed by atoms with E-state index in [-0.39, 0.29) is 0 Å². The van der Waals surface area contributed by atoms with E-state index in [0.717, 1.165) is 23.9 Å². The van der Waals surface area contributed by atoms with E-state index in [1.54, 1.807) is 10.8 Å². The molecule has 0 atom stereocenters. The topological polar surface area (TPSA) is 46.3 Å². The van der Waals surface area contributed by atoms with Crippen molar-refractivity contribution in [2.75, 3.05) is 11.9 Å². The fraction of sp³-hybridized carbons (Fsp3) is 0.722. The van der Waals surface area contributed by atoms with E-state index in [2.05, 4.69) is 54.7 Å². The molecule has 0 N–H and O–H groups in total. The molecule has 0 unspecified atom stereocenters. The third-order valence-corrected chi connectivity index (χ3v) is 5.94. The fourth-order valence-corrected chi connectivity index (χ4v) is 4.28. The van der Waals surface area contributed by atoms with Crippen LogP contribution in [0.25, 0.3) is 5.78 Å². The Morgan fingerprint density at radius 2 is 1.92 bits per heavy atom. The number of anilines is 1. The number of rotatable bonds is 3. The lowest BCUT2D eigenvalue weighted by atomic mass is 9.71. The molecule has 6 heteroatoms. The molecule has 0 amide bonds. The summed E-state index contributed by atoms with van der Waals surface area (Å²) in [6, 6.07) is 0.487. The molecule has 0 saturated heterocycles. The minimum Gasteiger partial charge on any atom is -0.355 e. The molecule has 0 radical (unpaired) electrons. The van der Waals surface area contributed by atoms with Crippen molar-refractivity contribution in [2.45, 2.75) is 65.8 Å². The van der Waals surface area contributed by atoms with Gasteiger partial charge in [0.1, 0.15) is 11.3 Å². The first-order valence-electron chi connectivity index (χ1n) is 8.93. The zero-order chi connectivity index (χ0) is 17.5. The zero-order valence-electron chi connectivity index (χ0n) is 15.4. The maximum absolute atomic E-state index is 6.67. The number of nitrogens with zero attached hydrogens (tertiary/aromatic N) is 5. The van der Waals surface area contributed by atoms with E-state index < -0.39 is 0 Å². The van der Waals surface area contributed by atoms with Crippen molar-refractivity contribution in [2.24, 2.45) is 11.3 Å². The highest BCUT2D eigenvalue weighted by atomic mass is 35.5. The van der Waals surface area contributed by atoms with Gasteiger partial charge in [0.25, 0.3) is 5.78 Å². The number of hydrogen-bond acceptors (Lipinski definition) is 4. The van der Waals surface area contributed by atoms with Crippen LogP contribution in [-0.2, 0) is 6.42 Å². The monoisotopic (exact) mass is 349 g/mol. The van der Waals surface area contributed by atoms with E-state index in [9.17, 15) is 0 Å². The Balaban J connectivity index is 1.88. The zero-order valence-corrected chi connectivity index (χ0v) is 16.1. The molecule has 0 aliphatic heterocycles. The molecular weight excluding hydrogens is 322 g/mol. The van der Waals surface area contributed by atoms with Gasteiger partial charge in [0.2, 0.25) is 0 Å². The van der Waals surface area contributed by atoms with Crippen LogP contribution in [0.2, 0.25) is 5.02 Å². The molecule has 1 fully saturated rings. The summed E-state index contributed by atoms with van der Waals surface area (Å²) in [5, 5.41) is 5.05. The first-order valence-corrected chi connectivity index (χ1v) is 9.31. The maximum atomic E-state index is 6.67. The summed E-state index contributed by atoms with van der Waals surface area (Å²) in [4.78, 5) is 11.1. The molecule has 5 nitrogen and oxygen atoms in total. The molecule has 1 aliphatic rings. The van der Waals surface area contributed by atoms with E-state index in [1.807, 2.05) is 0 Å². The minimum absolute atomic E-state index is 0.395. The number of fused-ring (bicyclic) bond motifs is 1. The Labute approximate surface area is 149 Å². The second-order valence-electron chi connectivity index (χ2n) is 8.00. The standard InChI is InChI=1S/C18H28ClN5/c1-6-14-15(19)16(24-17(22-14)20-11-21-24)23(5)13-9-7-12(8-10-13)18(2,3)4/h11-13H,6-10H2,1-5H3/t12-,13+. The molecule has 0 spiro atoms. The molecule has 1 aliphatic carbocycles. The van der Waals surface area contributed by atoms with Gasteiger partial charge in [0, 0.05) is 13.1 Å². The number of hydrogen-bond donors (Lipinski definition) is 0. The van der Waals surface area contributed by atoms with Gasteiger partial charge in [-0.1, -0.05) is 39.3 Å². The third kappa shape index (κ3) is 3.10. The van der Waals surface area contributed by atoms with Crippen LogP contribution in [0.3, 0.4) is 0 Å². The second-order valence-corrected chi connectivity index (χ2v) is 8.38. The quantitative estimate of drug-likeness (QED) is 0.824. The van der Waals surface area contributed by atoms with Crippen molar-refractivity contribution in [1.82, 2.24) is 19.6 Å². The van der Waals surface area contributed by atoms with E-state index >= 15 is 0 Å². The van der Waals surface area contributed by atoms with Gasteiger partial charge in [-0.05, 0) is 43.4 Å². The van der Waals surface area contributed by atoms with Crippen molar-refractivity contribution in [1.29, 1.82) is 0 Å². The summed E-state index contributed by atoms with van der Waals surface area (Å²) < 4.78 is 1.78. The van der Waals surface area contributed by atoms with E-state index in [0.29, 0.717) is 22.3 Å². The van der Waals surface area contributed by atoms with E-state index in [4.69, 9.17) is 11.6 Å². The smallest absolute Gasteiger partial charge is 0.254 e. The molecule has 0 bridgehead atoms. The van der Waals surface area contributed by atoms with Gasteiger partial charge in [-0.3, -0.25) is 0 Å². The third-order valence-electron chi connectivity index (χ3n) is 5.55. The van der Waals surface area contributed by atoms with Crippen LogP contribution in [0.4, 0.5) is 5.82 Å². The molecule has 2 heterocycles. The Bertz CT molecular complexity index is 710. The van der Waals surface area contributed by atoms with Gasteiger partial charge in [0.05, 0.1) is 5.69 Å². The molecule has 1 saturated carbocycles. The number of aromatic nitrogens is 4. The highest BCUT2D eigenvalue weighted by molar-refractivity contribution is 6.33. The lowest BCUT2D eigenvalue weighted by Crippen LogP contribution is -2.39.